The molecule has 0 spiro atoms. The molecular formula is C20H33N3O2. The fraction of sp³-hybridized carbons (Fsp3) is 0.650. The molecule has 1 aromatic carbocycles. The first kappa shape index (κ1) is 19.9. The summed E-state index contributed by atoms with van der Waals surface area (Å²) in [5.41, 5.74) is 7.37. The van der Waals surface area contributed by atoms with E-state index >= 15 is 0 Å². The van der Waals surface area contributed by atoms with Crippen molar-refractivity contribution in [2.75, 3.05) is 33.3 Å². The lowest BCUT2D eigenvalue weighted by molar-refractivity contribution is -0.135. The molecule has 1 saturated heterocycles. The molecule has 2 N–H and O–H groups in total. The summed E-state index contributed by atoms with van der Waals surface area (Å²) in [7, 11) is 1.86. The number of morpholine rings is 1. The van der Waals surface area contributed by atoms with Gasteiger partial charge in [-0.3, -0.25) is 9.69 Å². The Kier molecular flexibility index (Phi) is 7.88. The molecule has 2 atom stereocenters. The van der Waals surface area contributed by atoms with E-state index in [1.54, 1.807) is 4.90 Å². The smallest absolute Gasteiger partial charge is 0.224 e. The predicted octanol–water partition coefficient (Wildman–Crippen LogP) is 2.11. The van der Waals surface area contributed by atoms with Crippen molar-refractivity contribution in [3.63, 3.8) is 0 Å². The monoisotopic (exact) mass is 347 g/mol. The lowest BCUT2D eigenvalue weighted by Gasteiger charge is -2.33. The van der Waals surface area contributed by atoms with Gasteiger partial charge in [0.05, 0.1) is 19.1 Å². The van der Waals surface area contributed by atoms with Crippen molar-refractivity contribution >= 4 is 5.91 Å². The van der Waals surface area contributed by atoms with Crippen molar-refractivity contribution in [3.05, 3.63) is 35.9 Å². The van der Waals surface area contributed by atoms with Gasteiger partial charge in [-0.05, 0) is 17.9 Å². The molecule has 1 aliphatic heterocycles. The minimum Gasteiger partial charge on any atom is -0.375 e. The molecular weight excluding hydrogens is 314 g/mol. The topological polar surface area (TPSA) is 58.8 Å². The Balaban J connectivity index is 1.76. The third-order valence-electron chi connectivity index (χ3n) is 4.95. The van der Waals surface area contributed by atoms with Gasteiger partial charge >= 0.3 is 0 Å². The summed E-state index contributed by atoms with van der Waals surface area (Å²) in [6.45, 7) is 8.26. The number of nitrogens with zero attached hydrogens (tertiary/aromatic N) is 2. The number of carbonyl (C=O) groups excluding carboxylic acids is 1. The maximum absolute atomic E-state index is 12.4. The second-order valence-corrected chi connectivity index (χ2v) is 7.43. The molecule has 1 heterocycles. The van der Waals surface area contributed by atoms with Crippen LogP contribution in [-0.4, -0.2) is 61.1 Å². The van der Waals surface area contributed by atoms with E-state index in [1.165, 1.54) is 5.56 Å². The molecule has 25 heavy (non-hydrogen) atoms. The van der Waals surface area contributed by atoms with Crippen LogP contribution in [-0.2, 0) is 16.1 Å². The maximum atomic E-state index is 12.4. The number of rotatable bonds is 8. The van der Waals surface area contributed by atoms with Crippen molar-refractivity contribution in [3.8, 4) is 0 Å². The molecule has 2 rings (SSSR count). The molecule has 1 fully saturated rings. The Morgan fingerprint density at radius 3 is 2.76 bits per heavy atom. The number of hydrogen-bond donors (Lipinski definition) is 1. The van der Waals surface area contributed by atoms with Crippen LogP contribution in [0, 0.1) is 5.92 Å². The number of carbonyl (C=O) groups is 1. The molecule has 0 aliphatic carbocycles. The third kappa shape index (κ3) is 6.77. The summed E-state index contributed by atoms with van der Waals surface area (Å²) in [6.07, 6.45) is 1.26. The minimum absolute atomic E-state index is 0.0221. The average Bonchev–Trinajstić information content (AvgIpc) is 2.60. The molecule has 0 saturated carbocycles. The second-order valence-electron chi connectivity index (χ2n) is 7.43. The molecule has 140 valence electrons. The van der Waals surface area contributed by atoms with Crippen LogP contribution >= 0.6 is 0 Å². The van der Waals surface area contributed by atoms with Crippen LogP contribution in [0.2, 0.25) is 0 Å². The zero-order valence-corrected chi connectivity index (χ0v) is 15.9. The highest BCUT2D eigenvalue weighted by Crippen LogP contribution is 2.14. The fourth-order valence-corrected chi connectivity index (χ4v) is 3.04. The third-order valence-corrected chi connectivity index (χ3v) is 4.95. The van der Waals surface area contributed by atoms with E-state index in [9.17, 15) is 4.79 Å². The van der Waals surface area contributed by atoms with Gasteiger partial charge in [-0.2, -0.15) is 0 Å². The normalized spacial score (nSPS) is 19.8. The molecule has 5 heteroatoms. The van der Waals surface area contributed by atoms with Gasteiger partial charge in [-0.25, -0.2) is 0 Å². The zero-order valence-electron chi connectivity index (χ0n) is 15.9. The minimum atomic E-state index is -0.0221. The van der Waals surface area contributed by atoms with Gasteiger partial charge in [0, 0.05) is 39.3 Å². The van der Waals surface area contributed by atoms with Crippen LogP contribution in [0.1, 0.15) is 32.3 Å². The van der Waals surface area contributed by atoms with Crippen LogP contribution in [0.25, 0.3) is 0 Å². The number of hydrogen-bond acceptors (Lipinski definition) is 4. The van der Waals surface area contributed by atoms with Gasteiger partial charge in [0.2, 0.25) is 5.91 Å². The fourth-order valence-electron chi connectivity index (χ4n) is 3.04. The van der Waals surface area contributed by atoms with Crippen molar-refractivity contribution in [2.24, 2.45) is 11.7 Å². The van der Waals surface area contributed by atoms with E-state index in [1.807, 2.05) is 13.1 Å². The van der Waals surface area contributed by atoms with E-state index < -0.39 is 0 Å². The average molecular weight is 348 g/mol. The van der Waals surface area contributed by atoms with Crippen LogP contribution in [0.5, 0.6) is 0 Å². The van der Waals surface area contributed by atoms with Crippen molar-refractivity contribution in [1.82, 2.24) is 9.80 Å². The molecule has 0 bridgehead atoms. The van der Waals surface area contributed by atoms with Crippen molar-refractivity contribution < 1.29 is 9.53 Å². The predicted molar refractivity (Wildman–Crippen MR) is 101 cm³/mol. The highest BCUT2D eigenvalue weighted by molar-refractivity contribution is 5.76. The van der Waals surface area contributed by atoms with Crippen LogP contribution < -0.4 is 5.73 Å². The molecule has 1 aromatic rings. The Hall–Kier alpha value is -1.43. The maximum Gasteiger partial charge on any atom is 0.224 e. The quantitative estimate of drug-likeness (QED) is 0.782. The molecule has 1 amide bonds. The van der Waals surface area contributed by atoms with Gasteiger partial charge in [-0.1, -0.05) is 44.2 Å². The summed E-state index contributed by atoms with van der Waals surface area (Å²) in [5.74, 6) is 0.583. The standard InChI is InChI=1S/C20H33N3O2/c1-16(2)19(21)9-10-22(3)20(24)13-18-15-23(11-12-25-18)14-17-7-5-4-6-8-17/h4-8,16,18-19H,9-15,21H2,1-3H3. The first-order valence-corrected chi connectivity index (χ1v) is 9.33. The van der Waals surface area contributed by atoms with Crippen LogP contribution in [0.4, 0.5) is 0 Å². The SMILES string of the molecule is CC(C)C(N)CCN(C)C(=O)CC1CN(Cc2ccccc2)CCO1. The van der Waals surface area contributed by atoms with Gasteiger partial charge in [-0.15, -0.1) is 0 Å². The zero-order chi connectivity index (χ0) is 18.2. The molecule has 0 aromatic heterocycles. The van der Waals surface area contributed by atoms with E-state index in [2.05, 4.69) is 43.0 Å². The van der Waals surface area contributed by atoms with E-state index in [-0.39, 0.29) is 18.1 Å². The number of benzene rings is 1. The molecule has 5 nitrogen and oxygen atoms in total. The molecule has 0 radical (unpaired) electrons. The van der Waals surface area contributed by atoms with Gasteiger partial charge < -0.3 is 15.4 Å². The highest BCUT2D eigenvalue weighted by atomic mass is 16.5. The highest BCUT2D eigenvalue weighted by Gasteiger charge is 2.24. The number of ether oxygens (including phenoxy) is 1. The van der Waals surface area contributed by atoms with E-state index in [4.69, 9.17) is 10.5 Å². The van der Waals surface area contributed by atoms with Crippen molar-refractivity contribution in [2.45, 2.75) is 45.4 Å². The van der Waals surface area contributed by atoms with Crippen LogP contribution in [0.3, 0.4) is 0 Å². The Bertz CT molecular complexity index is 521. The first-order valence-electron chi connectivity index (χ1n) is 9.33. The summed E-state index contributed by atoms with van der Waals surface area (Å²) >= 11 is 0. The second kappa shape index (κ2) is 9.90. The summed E-state index contributed by atoms with van der Waals surface area (Å²) in [4.78, 5) is 16.6. The van der Waals surface area contributed by atoms with Crippen molar-refractivity contribution in [1.29, 1.82) is 0 Å². The van der Waals surface area contributed by atoms with Gasteiger partial charge in [0.15, 0.2) is 0 Å². The lowest BCUT2D eigenvalue weighted by atomic mass is 10.0. The summed E-state index contributed by atoms with van der Waals surface area (Å²) < 4.78 is 5.82. The Morgan fingerprint density at radius 2 is 2.08 bits per heavy atom. The Morgan fingerprint density at radius 1 is 1.36 bits per heavy atom. The van der Waals surface area contributed by atoms with Gasteiger partial charge in [0.1, 0.15) is 0 Å². The molecule has 2 unspecified atom stereocenters. The number of nitrogens with two attached hydrogens (primary N) is 1. The lowest BCUT2D eigenvalue weighted by Crippen LogP contribution is -2.44. The Labute approximate surface area is 152 Å². The summed E-state index contributed by atoms with van der Waals surface area (Å²) in [6, 6.07) is 10.6. The van der Waals surface area contributed by atoms with Crippen LogP contribution in [0.15, 0.2) is 30.3 Å². The number of amides is 1. The van der Waals surface area contributed by atoms with E-state index in [0.717, 1.165) is 26.1 Å². The molecule has 1 aliphatic rings. The van der Waals surface area contributed by atoms with E-state index in [0.29, 0.717) is 25.5 Å². The largest absolute Gasteiger partial charge is 0.375 e. The first-order chi connectivity index (χ1) is 12.0. The summed E-state index contributed by atoms with van der Waals surface area (Å²) in [5, 5.41) is 0. The van der Waals surface area contributed by atoms with Gasteiger partial charge in [0.25, 0.3) is 0 Å².